The highest BCUT2D eigenvalue weighted by atomic mass is 16.8. The molecule has 35 atom stereocenters. The van der Waals surface area contributed by atoms with Crippen molar-refractivity contribution < 1.29 is 178 Å². The van der Waals surface area contributed by atoms with Crippen molar-refractivity contribution in [3.05, 3.63) is 0 Å². The molecule has 0 unspecified atom stereocenters. The maximum absolute atomic E-state index is 12.6. The van der Waals surface area contributed by atoms with E-state index in [4.69, 9.17) is 61.6 Å². The molecule has 0 bridgehead atoms. The monoisotopic (exact) mass is 1280 g/mol. The number of rotatable bonds is 22. The molecule has 7 rings (SSSR count). The van der Waals surface area contributed by atoms with Crippen LogP contribution in [0, 0.1) is 0 Å². The molecule has 0 aromatic rings. The van der Waals surface area contributed by atoms with Crippen molar-refractivity contribution in [2.45, 2.75) is 236 Å². The van der Waals surface area contributed by atoms with Crippen LogP contribution in [-0.4, -0.2) is 381 Å². The van der Waals surface area contributed by atoms with Crippen molar-refractivity contribution in [3.63, 3.8) is 0 Å². The van der Waals surface area contributed by atoms with Crippen LogP contribution in [0.15, 0.2) is 0 Å². The van der Waals surface area contributed by atoms with E-state index in [1.165, 1.54) is 0 Å². The van der Waals surface area contributed by atoms with E-state index in [2.05, 4.69) is 16.0 Å². The number of aliphatic hydroxyl groups is 20. The van der Waals surface area contributed by atoms with Gasteiger partial charge in [-0.2, -0.15) is 0 Å². The van der Waals surface area contributed by atoms with Gasteiger partial charge in [-0.25, -0.2) is 0 Å². The van der Waals surface area contributed by atoms with Gasteiger partial charge in [-0.1, -0.05) is 0 Å². The van der Waals surface area contributed by atoms with Crippen LogP contribution in [-0.2, 0) is 76.0 Å². The summed E-state index contributed by atoms with van der Waals surface area (Å²) in [4.78, 5) is 37.0. The van der Waals surface area contributed by atoms with E-state index in [-0.39, 0.29) is 0 Å². The first-order chi connectivity index (χ1) is 41.1. The Morgan fingerprint density at radius 1 is 0.299 bits per heavy atom. The summed E-state index contributed by atoms with van der Waals surface area (Å²) in [6, 6.07) is -4.98. The minimum atomic E-state index is -2.31. The molecule has 7 aliphatic rings. The quantitative estimate of drug-likeness (QED) is 0.0479. The Labute approximate surface area is 492 Å². The molecule has 0 radical (unpaired) electrons. The summed E-state index contributed by atoms with van der Waals surface area (Å²) >= 11 is 0. The van der Waals surface area contributed by atoms with Crippen molar-refractivity contribution in [3.8, 4) is 0 Å². The first-order valence-electron chi connectivity index (χ1n) is 27.6. The normalized spacial score (nSPS) is 48.9. The third-order valence-corrected chi connectivity index (χ3v) is 15.7. The van der Waals surface area contributed by atoms with E-state index in [0.29, 0.717) is 0 Å². The lowest BCUT2D eigenvalue weighted by Crippen LogP contribution is -2.70. The molecule has 39 nitrogen and oxygen atoms in total. The van der Waals surface area contributed by atoms with Gasteiger partial charge in [0, 0.05) is 20.8 Å². The second kappa shape index (κ2) is 31.1. The lowest BCUT2D eigenvalue weighted by molar-refractivity contribution is -0.384. The van der Waals surface area contributed by atoms with Crippen molar-refractivity contribution in [1.29, 1.82) is 0 Å². The lowest BCUT2D eigenvalue weighted by atomic mass is 9.94. The van der Waals surface area contributed by atoms with Crippen molar-refractivity contribution in [2.75, 3.05) is 46.2 Å². The Morgan fingerprint density at radius 3 is 1.05 bits per heavy atom. The minimum Gasteiger partial charge on any atom is -0.394 e. The topological polar surface area (TPSA) is 612 Å². The standard InChI is InChI=1S/C48H81N3O36/c1-11(57)49-21-28(64)38(16(6-54)77-42(21)74)84-44-23(51-13(3)59)30(66)40(18(8-56)81-44)86-48-37(73)41(87-47-36(72)32(68)25(61)15(5-53)79-47)27(63)20(83-48)10-76-45-34(70)33(69)26(62)19(82-45)9-75-43-22(50-12(2)58)29(65)39(17(7-55)80-43)85-46-35(71)31(67)24(60)14(4-52)78-46/h14-48,52-56,60-74H,4-10H2,1-3H3,(H,49,57)(H,50,58)(H,51,59)/t14-,15-,16-,17-,18-,19-,20-,21-,22-,23-,24+,25-,26-,27-,28-,29-,30-,31+,32+,33+,34+,35-,36+,37+,38-,39-,40-,41+,42-,43-,44+,45+,46+,47-,48+/m1/s1. The fraction of sp³-hybridized carbons (Fsp3) is 0.938. The van der Waals surface area contributed by atoms with Crippen LogP contribution in [0.3, 0.4) is 0 Å². The van der Waals surface area contributed by atoms with Gasteiger partial charge in [0.05, 0.1) is 46.2 Å². The molecule has 7 heterocycles. The zero-order valence-electron chi connectivity index (χ0n) is 46.6. The SMILES string of the molecule is CC(=O)N[C@@H]1[C@@H](O)[C@H](O[C@@H]2O[C@H](CO)[C@@H](O[C@@H]3O[C@H](CO[C@H]4O[C@H](CO[C@@H]5O[C@H](CO)[C@@H](O[C@@H]6O[C@H](CO)[C@H](O)[C@H](O)[C@H]6O)[C@H](O)[C@H]5NC(C)=O)[C@@H](O)[C@H](O)[C@@H]4O)[C@@H](O)[C@H](O[C@H]4O[C@H](CO)[C@@H](O)[C@H](O)[C@@H]4O)[C@@H]3O)[C@H](O)[C@H]2NC(C)=O)[C@@H](CO)O[C@H]1O. The predicted octanol–water partition coefficient (Wildman–Crippen LogP) is -15.8. The molecule has 0 aromatic carbocycles. The average Bonchev–Trinajstić information content (AvgIpc) is 2.26. The molecule has 504 valence electrons. The molecule has 0 aliphatic carbocycles. The summed E-state index contributed by atoms with van der Waals surface area (Å²) in [6.45, 7) is -3.58. The largest absolute Gasteiger partial charge is 0.394 e. The molecular formula is C48H81N3O36. The highest BCUT2D eigenvalue weighted by molar-refractivity contribution is 5.74. The molecule has 0 spiro atoms. The van der Waals surface area contributed by atoms with Gasteiger partial charge in [0.1, 0.15) is 171 Å². The molecule has 87 heavy (non-hydrogen) atoms. The van der Waals surface area contributed by atoms with E-state index in [1.54, 1.807) is 0 Å². The second-order valence-corrected chi connectivity index (χ2v) is 21.9. The van der Waals surface area contributed by atoms with Crippen LogP contribution in [0.25, 0.3) is 0 Å². The van der Waals surface area contributed by atoms with E-state index in [9.17, 15) is 117 Å². The number of amides is 3. The Balaban J connectivity index is 1.10. The Bertz CT molecular complexity index is 2190. The van der Waals surface area contributed by atoms with E-state index in [1.807, 2.05) is 0 Å². The molecule has 3 amide bonds. The second-order valence-electron chi connectivity index (χ2n) is 21.9. The van der Waals surface area contributed by atoms with Gasteiger partial charge < -0.3 is 180 Å². The van der Waals surface area contributed by atoms with Gasteiger partial charge in [-0.05, 0) is 0 Å². The van der Waals surface area contributed by atoms with Crippen LogP contribution >= 0.6 is 0 Å². The van der Waals surface area contributed by atoms with E-state index >= 15 is 0 Å². The zero-order chi connectivity index (χ0) is 64.2. The van der Waals surface area contributed by atoms with Gasteiger partial charge >= 0.3 is 0 Å². The van der Waals surface area contributed by atoms with Gasteiger partial charge in [-0.3, -0.25) is 14.4 Å². The smallest absolute Gasteiger partial charge is 0.217 e. The van der Waals surface area contributed by atoms with Crippen LogP contribution in [0.5, 0.6) is 0 Å². The molecule has 7 aliphatic heterocycles. The van der Waals surface area contributed by atoms with Crippen LogP contribution in [0.4, 0.5) is 0 Å². The van der Waals surface area contributed by atoms with Crippen LogP contribution in [0.2, 0.25) is 0 Å². The molecule has 0 aromatic heterocycles. The van der Waals surface area contributed by atoms with Crippen molar-refractivity contribution >= 4 is 17.7 Å². The molecule has 39 heteroatoms. The third-order valence-electron chi connectivity index (χ3n) is 15.7. The summed E-state index contributed by atoms with van der Waals surface area (Å²) in [5.41, 5.74) is 0. The Morgan fingerprint density at radius 2 is 0.598 bits per heavy atom. The molecule has 7 fully saturated rings. The first-order valence-corrected chi connectivity index (χ1v) is 27.6. The van der Waals surface area contributed by atoms with Gasteiger partial charge in [0.2, 0.25) is 17.7 Å². The number of ether oxygens (including phenoxy) is 13. The summed E-state index contributed by atoms with van der Waals surface area (Å²) in [5, 5.41) is 223. The fourth-order valence-corrected chi connectivity index (χ4v) is 11.0. The maximum Gasteiger partial charge on any atom is 0.217 e. The number of carbonyl (C=O) groups excluding carboxylic acids is 3. The van der Waals surface area contributed by atoms with Crippen LogP contribution < -0.4 is 16.0 Å². The van der Waals surface area contributed by atoms with Crippen molar-refractivity contribution in [1.82, 2.24) is 16.0 Å². The summed E-state index contributed by atoms with van der Waals surface area (Å²) < 4.78 is 74.7. The third kappa shape index (κ3) is 15.9. The molecule has 0 saturated carbocycles. The molecule has 23 N–H and O–H groups in total. The van der Waals surface area contributed by atoms with Gasteiger partial charge in [0.25, 0.3) is 0 Å². The highest BCUT2D eigenvalue weighted by Gasteiger charge is 2.58. The average molecular weight is 1280 g/mol. The Kier molecular flexibility index (Phi) is 25.6. The minimum absolute atomic E-state index is 0.732. The predicted molar refractivity (Wildman–Crippen MR) is 267 cm³/mol. The maximum atomic E-state index is 12.6. The lowest BCUT2D eigenvalue weighted by Gasteiger charge is -2.50. The summed E-state index contributed by atoms with van der Waals surface area (Å²) in [6.07, 6.45) is -61.5. The summed E-state index contributed by atoms with van der Waals surface area (Å²) in [5.74, 6) is -2.38. The van der Waals surface area contributed by atoms with E-state index in [0.717, 1.165) is 20.8 Å². The number of nitrogens with one attached hydrogen (secondary N) is 3. The number of aliphatic hydroxyl groups excluding tert-OH is 20. The number of hydrogen-bond donors (Lipinski definition) is 23. The van der Waals surface area contributed by atoms with Crippen LogP contribution in [0.1, 0.15) is 20.8 Å². The molecule has 7 saturated heterocycles. The summed E-state index contributed by atoms with van der Waals surface area (Å²) in [7, 11) is 0. The molecular weight excluding hydrogens is 1190 g/mol. The van der Waals surface area contributed by atoms with E-state index < -0.39 is 279 Å². The first kappa shape index (κ1) is 71.5. The number of hydrogen-bond acceptors (Lipinski definition) is 36. The number of carbonyl (C=O) groups is 3. The fourth-order valence-electron chi connectivity index (χ4n) is 11.0. The van der Waals surface area contributed by atoms with Crippen molar-refractivity contribution in [2.24, 2.45) is 0 Å². The Hall–Kier alpha value is -2.91. The highest BCUT2D eigenvalue weighted by Crippen LogP contribution is 2.37. The van der Waals surface area contributed by atoms with Gasteiger partial charge in [-0.15, -0.1) is 0 Å². The van der Waals surface area contributed by atoms with Gasteiger partial charge in [0.15, 0.2) is 44.0 Å². The zero-order valence-corrected chi connectivity index (χ0v) is 46.6.